The maximum atomic E-state index is 13.4. The van der Waals surface area contributed by atoms with Gasteiger partial charge in [0.1, 0.15) is 0 Å². The van der Waals surface area contributed by atoms with Crippen molar-refractivity contribution < 1.29 is 32.3 Å². The van der Waals surface area contributed by atoms with Gasteiger partial charge in [-0.3, -0.25) is 9.59 Å². The molecule has 0 saturated heterocycles. The highest BCUT2D eigenvalue weighted by Gasteiger charge is 2.20. The lowest BCUT2D eigenvalue weighted by atomic mass is 10.1. The summed E-state index contributed by atoms with van der Waals surface area (Å²) >= 11 is 0. The van der Waals surface area contributed by atoms with Gasteiger partial charge in [0.15, 0.2) is 23.3 Å². The molecule has 4 nitrogen and oxygen atoms in total. The van der Waals surface area contributed by atoms with Gasteiger partial charge in [-0.2, -0.15) is 0 Å². The zero-order valence-corrected chi connectivity index (χ0v) is 12.3. The van der Waals surface area contributed by atoms with E-state index in [0.29, 0.717) is 25.7 Å². The Morgan fingerprint density at radius 1 is 0.957 bits per heavy atom. The van der Waals surface area contributed by atoms with Gasteiger partial charge in [-0.05, 0) is 12.8 Å². The van der Waals surface area contributed by atoms with E-state index in [1.54, 1.807) is 0 Å². The number of nitrogens with one attached hydrogen (secondary N) is 1. The van der Waals surface area contributed by atoms with Crippen molar-refractivity contribution in [3.63, 3.8) is 0 Å². The molecule has 2 N–H and O–H groups in total. The van der Waals surface area contributed by atoms with E-state index < -0.39 is 47.1 Å². The van der Waals surface area contributed by atoms with Crippen molar-refractivity contribution in [1.82, 2.24) is 5.32 Å². The predicted octanol–water partition coefficient (Wildman–Crippen LogP) is 2.94. The van der Waals surface area contributed by atoms with Gasteiger partial charge in [-0.1, -0.05) is 12.8 Å². The highest BCUT2D eigenvalue weighted by molar-refractivity contribution is 5.78. The first-order chi connectivity index (χ1) is 10.8. The number of hydrogen-bond acceptors (Lipinski definition) is 2. The monoisotopic (exact) mass is 335 g/mol. The van der Waals surface area contributed by atoms with E-state index in [0.717, 1.165) is 0 Å². The zero-order valence-electron chi connectivity index (χ0n) is 12.3. The van der Waals surface area contributed by atoms with Crippen molar-refractivity contribution in [2.24, 2.45) is 0 Å². The van der Waals surface area contributed by atoms with E-state index in [2.05, 4.69) is 5.32 Å². The fourth-order valence-corrected chi connectivity index (χ4v) is 1.98. The van der Waals surface area contributed by atoms with E-state index in [9.17, 15) is 27.2 Å². The standard InChI is InChI=1S/C15H17F4NO3/c16-10-8-11(17)15(19)9(14(10)18)7-12(21)20-6-4-2-1-3-5-13(22)23/h8H,1-7H2,(H,20,21)(H,22,23). The molecule has 1 aromatic rings. The molecule has 0 heterocycles. The Kier molecular flexibility index (Phi) is 7.50. The third-order valence-electron chi connectivity index (χ3n) is 3.18. The fraction of sp³-hybridized carbons (Fsp3) is 0.467. The van der Waals surface area contributed by atoms with E-state index in [-0.39, 0.29) is 19.0 Å². The van der Waals surface area contributed by atoms with E-state index in [1.807, 2.05) is 0 Å². The summed E-state index contributed by atoms with van der Waals surface area (Å²) in [6.45, 7) is 0.229. The highest BCUT2D eigenvalue weighted by Crippen LogP contribution is 2.19. The number of hydrogen-bond donors (Lipinski definition) is 2. The lowest BCUT2D eigenvalue weighted by Gasteiger charge is -2.08. The average molecular weight is 335 g/mol. The Labute approximate surface area is 130 Å². The minimum atomic E-state index is -1.58. The second-order valence-corrected chi connectivity index (χ2v) is 5.03. The van der Waals surface area contributed by atoms with Crippen molar-refractivity contribution >= 4 is 11.9 Å². The van der Waals surface area contributed by atoms with Crippen molar-refractivity contribution in [1.29, 1.82) is 0 Å². The number of aliphatic carboxylic acids is 1. The third kappa shape index (κ3) is 6.25. The lowest BCUT2D eigenvalue weighted by Crippen LogP contribution is -2.27. The van der Waals surface area contributed by atoms with Gasteiger partial charge in [-0.15, -0.1) is 0 Å². The Morgan fingerprint density at radius 2 is 1.52 bits per heavy atom. The predicted molar refractivity (Wildman–Crippen MR) is 73.7 cm³/mol. The van der Waals surface area contributed by atoms with Crippen molar-refractivity contribution in [2.45, 2.75) is 38.5 Å². The molecule has 0 unspecified atom stereocenters. The van der Waals surface area contributed by atoms with Crippen LogP contribution < -0.4 is 5.32 Å². The normalized spacial score (nSPS) is 10.6. The lowest BCUT2D eigenvalue weighted by molar-refractivity contribution is -0.137. The molecule has 0 radical (unpaired) electrons. The summed E-state index contributed by atoms with van der Waals surface area (Å²) in [6.07, 6.45) is 1.74. The maximum Gasteiger partial charge on any atom is 0.303 e. The summed E-state index contributed by atoms with van der Waals surface area (Å²) < 4.78 is 52.8. The molecular formula is C15H17F4NO3. The molecule has 0 aliphatic heterocycles. The highest BCUT2D eigenvalue weighted by atomic mass is 19.2. The smallest absolute Gasteiger partial charge is 0.303 e. The van der Waals surface area contributed by atoms with Crippen LogP contribution >= 0.6 is 0 Å². The van der Waals surface area contributed by atoms with Gasteiger partial charge >= 0.3 is 5.97 Å². The summed E-state index contributed by atoms with van der Waals surface area (Å²) in [5.41, 5.74) is -0.943. The number of halogens is 4. The van der Waals surface area contributed by atoms with Gasteiger partial charge in [0, 0.05) is 24.6 Å². The summed E-state index contributed by atoms with van der Waals surface area (Å²) in [5.74, 6) is -7.88. The molecule has 23 heavy (non-hydrogen) atoms. The van der Waals surface area contributed by atoms with Crippen LogP contribution in [-0.4, -0.2) is 23.5 Å². The summed E-state index contributed by atoms with van der Waals surface area (Å²) in [7, 11) is 0. The molecule has 0 fully saturated rings. The van der Waals surface area contributed by atoms with Crippen LogP contribution in [-0.2, 0) is 16.0 Å². The van der Waals surface area contributed by atoms with Crippen molar-refractivity contribution in [3.05, 3.63) is 34.9 Å². The molecule has 1 aromatic carbocycles. The van der Waals surface area contributed by atoms with Crippen LogP contribution in [0.4, 0.5) is 17.6 Å². The molecule has 0 bridgehead atoms. The van der Waals surface area contributed by atoms with E-state index >= 15 is 0 Å². The Bertz CT molecular complexity index is 552. The van der Waals surface area contributed by atoms with Gasteiger partial charge in [0.05, 0.1) is 6.42 Å². The van der Waals surface area contributed by atoms with Crippen LogP contribution in [0.25, 0.3) is 0 Å². The number of carboxylic acid groups (broad SMARTS) is 1. The molecule has 8 heteroatoms. The number of rotatable bonds is 9. The van der Waals surface area contributed by atoms with Crippen LogP contribution in [0.3, 0.4) is 0 Å². The summed E-state index contributed by atoms with van der Waals surface area (Å²) in [5, 5.41) is 10.8. The molecule has 0 aliphatic carbocycles. The number of amides is 1. The first-order valence-corrected chi connectivity index (χ1v) is 7.13. The first-order valence-electron chi connectivity index (χ1n) is 7.13. The fourth-order valence-electron chi connectivity index (χ4n) is 1.98. The molecule has 128 valence electrons. The van der Waals surface area contributed by atoms with E-state index in [1.165, 1.54) is 0 Å². The van der Waals surface area contributed by atoms with Gasteiger partial charge in [0.2, 0.25) is 5.91 Å². The van der Waals surface area contributed by atoms with Crippen LogP contribution in [0.2, 0.25) is 0 Å². The van der Waals surface area contributed by atoms with Crippen molar-refractivity contribution in [3.8, 4) is 0 Å². The third-order valence-corrected chi connectivity index (χ3v) is 3.18. The molecule has 0 aromatic heterocycles. The maximum absolute atomic E-state index is 13.4. The number of carbonyl (C=O) groups excluding carboxylic acids is 1. The molecule has 0 spiro atoms. The first kappa shape index (κ1) is 18.9. The number of unbranched alkanes of at least 4 members (excludes halogenated alkanes) is 3. The Hall–Kier alpha value is -2.12. The zero-order chi connectivity index (χ0) is 17.4. The van der Waals surface area contributed by atoms with Crippen LogP contribution in [0.15, 0.2) is 6.07 Å². The number of carboxylic acids is 1. The Morgan fingerprint density at radius 3 is 2.09 bits per heavy atom. The summed E-state index contributed by atoms with van der Waals surface area (Å²) in [6, 6.07) is 0.0865. The second-order valence-electron chi connectivity index (χ2n) is 5.03. The molecule has 0 atom stereocenters. The largest absolute Gasteiger partial charge is 0.481 e. The van der Waals surface area contributed by atoms with E-state index in [4.69, 9.17) is 5.11 Å². The van der Waals surface area contributed by atoms with Crippen molar-refractivity contribution in [2.75, 3.05) is 6.54 Å². The molecule has 1 amide bonds. The average Bonchev–Trinajstić information content (AvgIpc) is 2.48. The van der Waals surface area contributed by atoms with Crippen LogP contribution in [0.5, 0.6) is 0 Å². The Balaban J connectivity index is 2.36. The minimum Gasteiger partial charge on any atom is -0.481 e. The minimum absolute atomic E-state index is 0.0794. The molecule has 0 saturated carbocycles. The molecule has 0 aliphatic rings. The summed E-state index contributed by atoms with van der Waals surface area (Å²) in [4.78, 5) is 21.8. The quantitative estimate of drug-likeness (QED) is 0.414. The topological polar surface area (TPSA) is 66.4 Å². The second kappa shape index (κ2) is 9.12. The van der Waals surface area contributed by atoms with Crippen LogP contribution in [0.1, 0.15) is 37.7 Å². The van der Waals surface area contributed by atoms with Crippen LogP contribution in [0, 0.1) is 23.3 Å². The van der Waals surface area contributed by atoms with Gasteiger partial charge in [0.25, 0.3) is 0 Å². The number of carbonyl (C=O) groups is 2. The SMILES string of the molecule is O=C(O)CCCCCCNC(=O)Cc1c(F)c(F)cc(F)c1F. The van der Waals surface area contributed by atoms with Gasteiger partial charge < -0.3 is 10.4 Å². The number of benzene rings is 1. The van der Waals surface area contributed by atoms with Gasteiger partial charge in [-0.25, -0.2) is 17.6 Å². The molecular weight excluding hydrogens is 318 g/mol. The molecule has 1 rings (SSSR count).